The van der Waals surface area contributed by atoms with Gasteiger partial charge in [-0.15, -0.1) is 0 Å². The summed E-state index contributed by atoms with van der Waals surface area (Å²) in [5.41, 5.74) is 6.96. The van der Waals surface area contributed by atoms with Gasteiger partial charge in [-0.05, 0) is 83.5 Å². The summed E-state index contributed by atoms with van der Waals surface area (Å²) in [5, 5.41) is 3.86. The van der Waals surface area contributed by atoms with E-state index in [4.69, 9.17) is 5.73 Å². The number of hydrogen-bond acceptors (Lipinski definition) is 3. The van der Waals surface area contributed by atoms with Gasteiger partial charge in [0, 0.05) is 31.9 Å². The molecule has 0 radical (unpaired) electrons. The molecular weight excluding hydrogens is 546 g/mol. The van der Waals surface area contributed by atoms with Crippen molar-refractivity contribution in [1.82, 2.24) is 5.32 Å². The van der Waals surface area contributed by atoms with Crippen LogP contribution in [0.15, 0.2) is 53.6 Å². The Kier molecular flexibility index (Phi) is 37.5. The third kappa shape index (κ3) is 35.3. The van der Waals surface area contributed by atoms with Crippen molar-refractivity contribution < 1.29 is 0 Å². The quantitative estimate of drug-likeness (QED) is 0.0418. The molecule has 0 rings (SSSR count). The second-order valence-corrected chi connectivity index (χ2v) is 13.1. The molecule has 262 valence electrons. The Morgan fingerprint density at radius 3 is 1.29 bits per heavy atom. The highest BCUT2D eigenvalue weighted by atomic mass is 14.9. The lowest BCUT2D eigenvalue weighted by Crippen LogP contribution is -2.32. The van der Waals surface area contributed by atoms with Crippen molar-refractivity contribution in [1.29, 1.82) is 0 Å². The van der Waals surface area contributed by atoms with E-state index in [-0.39, 0.29) is 0 Å². The van der Waals surface area contributed by atoms with Crippen LogP contribution in [-0.4, -0.2) is 31.9 Å². The van der Waals surface area contributed by atoms with Crippen LogP contribution in [0, 0.1) is 0 Å². The first-order valence-corrected chi connectivity index (χ1v) is 19.8. The van der Waals surface area contributed by atoms with Crippen molar-refractivity contribution in [3.63, 3.8) is 0 Å². The van der Waals surface area contributed by atoms with E-state index >= 15 is 0 Å². The highest BCUT2D eigenvalue weighted by molar-refractivity contribution is 5.86. The minimum atomic E-state index is 0.584. The molecule has 3 N–H and O–H groups in total. The predicted molar refractivity (Wildman–Crippen MR) is 207 cm³/mol. The van der Waals surface area contributed by atoms with E-state index in [0.717, 1.165) is 31.5 Å². The molecular formula is C42H79N3. The van der Waals surface area contributed by atoms with Gasteiger partial charge in [-0.1, -0.05) is 152 Å². The number of nitrogens with zero attached hydrogens (tertiary/aromatic N) is 1. The third-order valence-electron chi connectivity index (χ3n) is 8.90. The van der Waals surface area contributed by atoms with Crippen LogP contribution >= 0.6 is 0 Å². The third-order valence-corrected chi connectivity index (χ3v) is 8.90. The summed E-state index contributed by atoms with van der Waals surface area (Å²) < 4.78 is 0. The summed E-state index contributed by atoms with van der Waals surface area (Å²) in [7, 11) is 1.87. The summed E-state index contributed by atoms with van der Waals surface area (Å²) in [5.74, 6) is 0. The average Bonchev–Trinajstić information content (AvgIpc) is 3.05. The van der Waals surface area contributed by atoms with Gasteiger partial charge in [-0.3, -0.25) is 4.99 Å². The van der Waals surface area contributed by atoms with Gasteiger partial charge < -0.3 is 11.1 Å². The molecule has 0 spiro atoms. The number of hydrogen-bond donors (Lipinski definition) is 2. The highest BCUT2D eigenvalue weighted by Gasteiger charge is 2.08. The topological polar surface area (TPSA) is 50.4 Å². The molecule has 45 heavy (non-hydrogen) atoms. The van der Waals surface area contributed by atoms with Gasteiger partial charge in [-0.25, -0.2) is 0 Å². The molecule has 0 fully saturated rings. The fourth-order valence-corrected chi connectivity index (χ4v) is 5.83. The first kappa shape index (κ1) is 43.5. The minimum Gasteiger partial charge on any atom is -0.326 e. The van der Waals surface area contributed by atoms with E-state index in [1.54, 1.807) is 0 Å². The van der Waals surface area contributed by atoms with Crippen molar-refractivity contribution in [3.05, 3.63) is 48.6 Å². The maximum atomic E-state index is 5.83. The van der Waals surface area contributed by atoms with Crippen LogP contribution < -0.4 is 11.1 Å². The van der Waals surface area contributed by atoms with Crippen molar-refractivity contribution >= 4 is 5.71 Å². The van der Waals surface area contributed by atoms with E-state index in [0.29, 0.717) is 12.6 Å². The van der Waals surface area contributed by atoms with Gasteiger partial charge in [-0.2, -0.15) is 0 Å². The van der Waals surface area contributed by atoms with Gasteiger partial charge in [0.05, 0.1) is 0 Å². The van der Waals surface area contributed by atoms with Crippen molar-refractivity contribution in [2.45, 2.75) is 193 Å². The van der Waals surface area contributed by atoms with E-state index in [9.17, 15) is 0 Å². The Morgan fingerprint density at radius 2 is 0.911 bits per heavy atom. The Morgan fingerprint density at radius 1 is 0.533 bits per heavy atom. The van der Waals surface area contributed by atoms with Crippen LogP contribution in [0.2, 0.25) is 0 Å². The Bertz CT molecular complexity index is 669. The van der Waals surface area contributed by atoms with Crippen molar-refractivity contribution in [2.24, 2.45) is 10.7 Å². The van der Waals surface area contributed by atoms with Crippen LogP contribution in [0.25, 0.3) is 0 Å². The fourth-order valence-electron chi connectivity index (χ4n) is 5.83. The highest BCUT2D eigenvalue weighted by Crippen LogP contribution is 2.15. The number of nitrogens with one attached hydrogen (secondary N) is 1. The summed E-state index contributed by atoms with van der Waals surface area (Å²) in [6, 6.07) is 0.651. The number of aliphatic imine (C=N–C) groups is 1. The van der Waals surface area contributed by atoms with E-state index in [2.05, 4.69) is 72.8 Å². The Labute approximate surface area is 283 Å². The van der Waals surface area contributed by atoms with Crippen molar-refractivity contribution in [2.75, 3.05) is 20.1 Å². The normalized spacial score (nSPS) is 13.5. The number of unbranched alkanes of at least 4 members (excludes halogenated alkanes) is 18. The average molecular weight is 626 g/mol. The first-order valence-electron chi connectivity index (χ1n) is 19.8. The SMILES string of the molecule is CCCCCC=CCC=CCCCCCCCCC(CCCCCCCCC=CCC=CCCCCC)NCCC(CN)=NC. The van der Waals surface area contributed by atoms with Crippen LogP contribution in [0.3, 0.4) is 0 Å². The molecule has 0 aliphatic heterocycles. The van der Waals surface area contributed by atoms with Crippen LogP contribution in [-0.2, 0) is 0 Å². The molecule has 0 aromatic rings. The largest absolute Gasteiger partial charge is 0.326 e. The molecule has 0 aliphatic carbocycles. The van der Waals surface area contributed by atoms with E-state index < -0.39 is 0 Å². The van der Waals surface area contributed by atoms with Gasteiger partial charge in [0.15, 0.2) is 0 Å². The summed E-state index contributed by atoms with van der Waals surface area (Å²) in [6.07, 6.45) is 54.2. The Hall–Kier alpha value is -1.45. The zero-order chi connectivity index (χ0) is 32.7. The standard InChI is InChI=1S/C42H79N3/c1-4-6-8-10-12-14-16-18-20-22-24-26-28-30-32-34-36-41(45-39-38-42(40-43)44-3)37-35-33-31-29-27-25-23-21-19-17-15-13-11-9-7-5-2/h12-15,18-21,41,45H,4-11,16-17,22-40,43H2,1-3H3. The predicted octanol–water partition coefficient (Wildman–Crippen LogP) is 12.8. The zero-order valence-corrected chi connectivity index (χ0v) is 30.7. The second kappa shape index (κ2) is 38.7. The molecule has 0 amide bonds. The number of nitrogens with two attached hydrogens (primary N) is 1. The molecule has 0 unspecified atom stereocenters. The molecule has 0 saturated heterocycles. The lowest BCUT2D eigenvalue weighted by Gasteiger charge is -2.19. The molecule has 0 aromatic carbocycles. The summed E-state index contributed by atoms with van der Waals surface area (Å²) >= 11 is 0. The van der Waals surface area contributed by atoms with Gasteiger partial charge in [0.1, 0.15) is 0 Å². The maximum absolute atomic E-state index is 5.83. The molecule has 3 nitrogen and oxygen atoms in total. The van der Waals surface area contributed by atoms with Gasteiger partial charge >= 0.3 is 0 Å². The zero-order valence-electron chi connectivity index (χ0n) is 30.7. The number of allylic oxidation sites excluding steroid dienone is 8. The second-order valence-electron chi connectivity index (χ2n) is 13.1. The Balaban J connectivity index is 3.94. The van der Waals surface area contributed by atoms with Gasteiger partial charge in [0.25, 0.3) is 0 Å². The lowest BCUT2D eigenvalue weighted by molar-refractivity contribution is 0.416. The van der Waals surface area contributed by atoms with E-state index in [1.165, 1.54) is 154 Å². The number of rotatable bonds is 35. The molecule has 0 saturated carbocycles. The van der Waals surface area contributed by atoms with Crippen LogP contribution in [0.4, 0.5) is 0 Å². The molecule has 0 aromatic heterocycles. The molecule has 0 aliphatic rings. The van der Waals surface area contributed by atoms with Crippen molar-refractivity contribution in [3.8, 4) is 0 Å². The lowest BCUT2D eigenvalue weighted by atomic mass is 9.99. The molecule has 3 heteroatoms. The van der Waals surface area contributed by atoms with Gasteiger partial charge in [0.2, 0.25) is 0 Å². The van der Waals surface area contributed by atoms with E-state index in [1.807, 2.05) is 7.05 Å². The molecule has 0 heterocycles. The molecule has 0 atom stereocenters. The minimum absolute atomic E-state index is 0.584. The molecule has 0 bridgehead atoms. The summed E-state index contributed by atoms with van der Waals surface area (Å²) in [4.78, 5) is 4.34. The fraction of sp³-hybridized carbons (Fsp3) is 0.786. The summed E-state index contributed by atoms with van der Waals surface area (Å²) in [6.45, 7) is 6.14. The first-order chi connectivity index (χ1) is 22.3. The van der Waals surface area contributed by atoms with Crippen LogP contribution in [0.1, 0.15) is 187 Å². The smallest absolute Gasteiger partial charge is 0.0310 e. The maximum Gasteiger partial charge on any atom is 0.0310 e. The van der Waals surface area contributed by atoms with Crippen LogP contribution in [0.5, 0.6) is 0 Å². The monoisotopic (exact) mass is 626 g/mol.